The SMILES string of the molecule is O=c1c2cc(C#CCc3ccccc3)ccc2ccn1CC(CO)C(O)O. The van der Waals surface area contributed by atoms with Crippen LogP contribution in [0.25, 0.3) is 10.8 Å². The Morgan fingerprint density at radius 3 is 2.52 bits per heavy atom. The van der Waals surface area contributed by atoms with Gasteiger partial charge in [0.2, 0.25) is 0 Å². The van der Waals surface area contributed by atoms with E-state index in [1.165, 1.54) is 4.57 Å². The number of fused-ring (bicyclic) bond motifs is 1. The molecule has 0 aliphatic carbocycles. The van der Waals surface area contributed by atoms with Crippen molar-refractivity contribution in [2.75, 3.05) is 6.61 Å². The molecule has 0 aliphatic heterocycles. The number of aromatic nitrogens is 1. The lowest BCUT2D eigenvalue weighted by atomic mass is 10.1. The molecule has 1 aromatic heterocycles. The minimum absolute atomic E-state index is 0.0207. The van der Waals surface area contributed by atoms with E-state index < -0.39 is 18.8 Å². The first-order chi connectivity index (χ1) is 13.1. The van der Waals surface area contributed by atoms with Gasteiger partial charge >= 0.3 is 0 Å². The van der Waals surface area contributed by atoms with Gasteiger partial charge in [-0.15, -0.1) is 0 Å². The highest BCUT2D eigenvalue weighted by atomic mass is 16.5. The van der Waals surface area contributed by atoms with Gasteiger partial charge in [0, 0.05) is 30.1 Å². The van der Waals surface area contributed by atoms with Crippen LogP contribution >= 0.6 is 0 Å². The zero-order chi connectivity index (χ0) is 19.2. The summed E-state index contributed by atoms with van der Waals surface area (Å²) in [5.74, 6) is 5.37. The number of aliphatic hydroxyl groups is 3. The molecule has 0 spiro atoms. The van der Waals surface area contributed by atoms with Crippen molar-refractivity contribution in [2.45, 2.75) is 19.3 Å². The van der Waals surface area contributed by atoms with Crippen molar-refractivity contribution in [3.63, 3.8) is 0 Å². The Labute approximate surface area is 157 Å². The van der Waals surface area contributed by atoms with Gasteiger partial charge in [0.05, 0.1) is 12.5 Å². The summed E-state index contributed by atoms with van der Waals surface area (Å²) in [6, 6.07) is 17.2. The fourth-order valence-corrected chi connectivity index (χ4v) is 2.84. The van der Waals surface area contributed by atoms with Crippen molar-refractivity contribution in [1.82, 2.24) is 4.57 Å². The Morgan fingerprint density at radius 1 is 1.04 bits per heavy atom. The van der Waals surface area contributed by atoms with Gasteiger partial charge in [-0.25, -0.2) is 0 Å². The Balaban J connectivity index is 1.88. The van der Waals surface area contributed by atoms with Gasteiger partial charge in [-0.3, -0.25) is 4.79 Å². The average molecular weight is 363 g/mol. The van der Waals surface area contributed by atoms with Crippen LogP contribution in [0.4, 0.5) is 0 Å². The second-order valence-electron chi connectivity index (χ2n) is 6.40. The topological polar surface area (TPSA) is 82.7 Å². The molecule has 0 saturated heterocycles. The molecule has 1 atom stereocenters. The zero-order valence-corrected chi connectivity index (χ0v) is 14.7. The Bertz CT molecular complexity index is 1030. The molecule has 0 fully saturated rings. The normalized spacial score (nSPS) is 12.0. The third kappa shape index (κ3) is 4.63. The maximum atomic E-state index is 12.7. The van der Waals surface area contributed by atoms with E-state index in [2.05, 4.69) is 11.8 Å². The van der Waals surface area contributed by atoms with Crippen molar-refractivity contribution in [3.05, 3.63) is 82.3 Å². The molecule has 1 unspecified atom stereocenters. The summed E-state index contributed by atoms with van der Waals surface area (Å²) < 4.78 is 1.38. The summed E-state index contributed by atoms with van der Waals surface area (Å²) in [6.07, 6.45) is 0.536. The number of aliphatic hydroxyl groups excluding tert-OH is 2. The van der Waals surface area contributed by atoms with E-state index >= 15 is 0 Å². The number of pyridine rings is 1. The van der Waals surface area contributed by atoms with Gasteiger partial charge < -0.3 is 19.9 Å². The molecule has 2 aromatic carbocycles. The highest BCUT2D eigenvalue weighted by Crippen LogP contribution is 2.13. The molecule has 27 heavy (non-hydrogen) atoms. The molecule has 138 valence electrons. The maximum absolute atomic E-state index is 12.7. The number of rotatable bonds is 5. The van der Waals surface area contributed by atoms with E-state index in [-0.39, 0.29) is 12.1 Å². The van der Waals surface area contributed by atoms with Crippen molar-refractivity contribution in [3.8, 4) is 11.8 Å². The monoisotopic (exact) mass is 363 g/mol. The summed E-state index contributed by atoms with van der Waals surface area (Å²) in [6.45, 7) is -0.403. The molecule has 3 aromatic rings. The highest BCUT2D eigenvalue weighted by Gasteiger charge is 2.17. The van der Waals surface area contributed by atoms with Crippen LogP contribution in [0.5, 0.6) is 0 Å². The van der Waals surface area contributed by atoms with Gasteiger partial charge in [0.25, 0.3) is 5.56 Å². The molecular formula is C22H21NO4. The van der Waals surface area contributed by atoms with Crippen molar-refractivity contribution in [1.29, 1.82) is 0 Å². The van der Waals surface area contributed by atoms with E-state index in [0.29, 0.717) is 11.8 Å². The number of hydrogen-bond donors (Lipinski definition) is 3. The predicted molar refractivity (Wildman–Crippen MR) is 104 cm³/mol. The Hall–Kier alpha value is -2.91. The zero-order valence-electron chi connectivity index (χ0n) is 14.7. The Morgan fingerprint density at radius 2 is 1.81 bits per heavy atom. The summed E-state index contributed by atoms with van der Waals surface area (Å²) >= 11 is 0. The fourth-order valence-electron chi connectivity index (χ4n) is 2.84. The number of benzene rings is 2. The molecule has 0 amide bonds. The first kappa shape index (κ1) is 18.9. The van der Waals surface area contributed by atoms with E-state index in [1.54, 1.807) is 18.3 Å². The van der Waals surface area contributed by atoms with Gasteiger partial charge in [0.15, 0.2) is 6.29 Å². The van der Waals surface area contributed by atoms with Crippen LogP contribution in [0.2, 0.25) is 0 Å². The lowest BCUT2D eigenvalue weighted by Gasteiger charge is -2.17. The molecular weight excluding hydrogens is 342 g/mol. The second kappa shape index (κ2) is 8.65. The molecule has 1 heterocycles. The summed E-state index contributed by atoms with van der Waals surface area (Å²) in [7, 11) is 0. The molecule has 5 heteroatoms. The number of nitrogens with zero attached hydrogens (tertiary/aromatic N) is 1. The van der Waals surface area contributed by atoms with Crippen LogP contribution in [0, 0.1) is 17.8 Å². The largest absolute Gasteiger partial charge is 0.396 e. The van der Waals surface area contributed by atoms with Gasteiger partial charge in [-0.2, -0.15) is 0 Å². The van der Waals surface area contributed by atoms with Crippen LogP contribution in [0.1, 0.15) is 11.1 Å². The van der Waals surface area contributed by atoms with Crippen molar-refractivity contribution in [2.24, 2.45) is 5.92 Å². The van der Waals surface area contributed by atoms with Gasteiger partial charge in [0.1, 0.15) is 0 Å². The summed E-state index contributed by atoms with van der Waals surface area (Å²) in [5.41, 5.74) is 1.62. The Kier molecular flexibility index (Phi) is 6.05. The van der Waals surface area contributed by atoms with Crippen LogP contribution in [0.15, 0.2) is 65.6 Å². The number of hydrogen-bond acceptors (Lipinski definition) is 4. The molecule has 0 saturated carbocycles. The van der Waals surface area contributed by atoms with Crippen LogP contribution in [0.3, 0.4) is 0 Å². The first-order valence-corrected chi connectivity index (χ1v) is 8.71. The first-order valence-electron chi connectivity index (χ1n) is 8.71. The van der Waals surface area contributed by atoms with Crippen LogP contribution in [-0.2, 0) is 13.0 Å². The summed E-state index contributed by atoms with van der Waals surface area (Å²) in [5, 5.41) is 29.1. The minimum Gasteiger partial charge on any atom is -0.396 e. The predicted octanol–water partition coefficient (Wildman–Crippen LogP) is 1.51. The smallest absolute Gasteiger partial charge is 0.258 e. The van der Waals surface area contributed by atoms with Crippen LogP contribution < -0.4 is 5.56 Å². The quantitative estimate of drug-likeness (QED) is 0.474. The maximum Gasteiger partial charge on any atom is 0.258 e. The van der Waals surface area contributed by atoms with Crippen LogP contribution in [-0.4, -0.2) is 32.8 Å². The molecule has 0 radical (unpaired) electrons. The minimum atomic E-state index is -1.69. The molecule has 0 aliphatic rings. The van der Waals surface area contributed by atoms with Crippen molar-refractivity contribution >= 4 is 10.8 Å². The van der Waals surface area contributed by atoms with Gasteiger partial charge in [-0.1, -0.05) is 48.2 Å². The third-order valence-electron chi connectivity index (χ3n) is 4.43. The van der Waals surface area contributed by atoms with Gasteiger partial charge in [-0.05, 0) is 29.1 Å². The third-order valence-corrected chi connectivity index (χ3v) is 4.43. The second-order valence-corrected chi connectivity index (χ2v) is 6.40. The van der Waals surface area contributed by atoms with E-state index in [0.717, 1.165) is 16.5 Å². The molecule has 5 nitrogen and oxygen atoms in total. The summed E-state index contributed by atoms with van der Waals surface area (Å²) in [4.78, 5) is 12.7. The lowest BCUT2D eigenvalue weighted by Crippen LogP contribution is -2.32. The highest BCUT2D eigenvalue weighted by molar-refractivity contribution is 5.82. The fraction of sp³-hybridized carbons (Fsp3) is 0.227. The van der Waals surface area contributed by atoms with E-state index in [4.69, 9.17) is 0 Å². The molecule has 3 N–H and O–H groups in total. The average Bonchev–Trinajstić information content (AvgIpc) is 2.68. The molecule has 3 rings (SSSR count). The van der Waals surface area contributed by atoms with E-state index in [1.807, 2.05) is 42.5 Å². The lowest BCUT2D eigenvalue weighted by molar-refractivity contribution is -0.101. The molecule has 0 bridgehead atoms. The van der Waals surface area contributed by atoms with E-state index in [9.17, 15) is 20.1 Å². The van der Waals surface area contributed by atoms with Crippen molar-refractivity contribution < 1.29 is 15.3 Å². The standard InChI is InChI=1S/C22H21NO4/c24-15-19(22(26)27)14-23-12-11-18-10-9-17(13-20(18)21(23)25)8-4-7-16-5-2-1-3-6-16/h1-3,5-6,9-13,19,22,24,26-27H,7,14-15H2.